The molecule has 1 aliphatic carbocycles. The van der Waals surface area contributed by atoms with Crippen molar-refractivity contribution < 1.29 is 4.79 Å². The Hall–Kier alpha value is -1.35. The van der Waals surface area contributed by atoms with Crippen molar-refractivity contribution >= 4 is 5.91 Å². The molecule has 2 fully saturated rings. The van der Waals surface area contributed by atoms with Crippen LogP contribution in [-0.2, 0) is 11.2 Å². The van der Waals surface area contributed by atoms with Crippen LogP contribution in [0.5, 0.6) is 0 Å². The lowest BCUT2D eigenvalue weighted by Crippen LogP contribution is -2.56. The first-order valence-corrected chi connectivity index (χ1v) is 9.89. The van der Waals surface area contributed by atoms with Crippen molar-refractivity contribution in [1.82, 2.24) is 10.6 Å². The number of nitrogens with one attached hydrogen (secondary N) is 2. The van der Waals surface area contributed by atoms with Crippen LogP contribution in [0.25, 0.3) is 0 Å². The number of hydrogen-bond acceptors (Lipinski definition) is 2. The van der Waals surface area contributed by atoms with Crippen molar-refractivity contribution in [2.45, 2.75) is 70.4 Å². The van der Waals surface area contributed by atoms with Crippen molar-refractivity contribution in [3.8, 4) is 0 Å². The number of carbonyl (C=O) groups excluding carboxylic acids is 1. The van der Waals surface area contributed by atoms with Crippen molar-refractivity contribution in [2.75, 3.05) is 6.54 Å². The number of hydrogen-bond donors (Lipinski definition) is 2. The van der Waals surface area contributed by atoms with Crippen molar-refractivity contribution in [3.05, 3.63) is 35.9 Å². The number of benzene rings is 1. The molecule has 1 aliphatic heterocycles. The maximum Gasteiger partial charge on any atom is 0.221 e. The smallest absolute Gasteiger partial charge is 0.221 e. The van der Waals surface area contributed by atoms with Gasteiger partial charge in [0.05, 0.1) is 6.17 Å². The van der Waals surface area contributed by atoms with E-state index in [0.29, 0.717) is 12.3 Å². The van der Waals surface area contributed by atoms with Gasteiger partial charge in [0.2, 0.25) is 5.91 Å². The number of amides is 1. The van der Waals surface area contributed by atoms with E-state index >= 15 is 0 Å². The van der Waals surface area contributed by atoms with E-state index in [1.165, 1.54) is 44.1 Å². The van der Waals surface area contributed by atoms with Gasteiger partial charge in [0.15, 0.2) is 0 Å². The van der Waals surface area contributed by atoms with E-state index in [0.717, 1.165) is 31.7 Å². The number of piperidine rings is 1. The Balaban J connectivity index is 1.32. The first-order chi connectivity index (χ1) is 11.8. The molecule has 0 aromatic heterocycles. The van der Waals surface area contributed by atoms with Crippen molar-refractivity contribution in [1.29, 1.82) is 0 Å². The zero-order valence-electron chi connectivity index (χ0n) is 14.8. The molecule has 3 nitrogen and oxygen atoms in total. The second-order valence-corrected chi connectivity index (χ2v) is 7.54. The Morgan fingerprint density at radius 3 is 2.75 bits per heavy atom. The monoisotopic (exact) mass is 328 g/mol. The molecule has 1 aromatic carbocycles. The zero-order chi connectivity index (χ0) is 16.6. The van der Waals surface area contributed by atoms with Crippen molar-refractivity contribution in [2.24, 2.45) is 11.8 Å². The van der Waals surface area contributed by atoms with Crippen LogP contribution in [0.15, 0.2) is 30.3 Å². The normalized spacial score (nSPS) is 26.6. The van der Waals surface area contributed by atoms with Gasteiger partial charge in [-0.3, -0.25) is 10.1 Å². The van der Waals surface area contributed by atoms with E-state index in [2.05, 4.69) is 41.0 Å². The fourth-order valence-corrected chi connectivity index (χ4v) is 4.45. The number of aryl methyl sites for hydroxylation is 1. The fourth-order valence-electron chi connectivity index (χ4n) is 4.45. The van der Waals surface area contributed by atoms with Crippen LogP contribution >= 0.6 is 0 Å². The highest BCUT2D eigenvalue weighted by molar-refractivity contribution is 5.76. The predicted octanol–water partition coefficient (Wildman–Crippen LogP) is 4.03. The van der Waals surface area contributed by atoms with Gasteiger partial charge in [-0.2, -0.15) is 0 Å². The Bertz CT molecular complexity index is 500. The van der Waals surface area contributed by atoms with Gasteiger partial charge in [-0.1, -0.05) is 56.0 Å². The Morgan fingerprint density at radius 1 is 1.04 bits per heavy atom. The fraction of sp³-hybridized carbons (Fsp3) is 0.667. The summed E-state index contributed by atoms with van der Waals surface area (Å²) in [5, 5.41) is 6.82. The summed E-state index contributed by atoms with van der Waals surface area (Å²) < 4.78 is 0. The largest absolute Gasteiger partial charge is 0.340 e. The maximum atomic E-state index is 12.3. The molecule has 0 radical (unpaired) electrons. The highest BCUT2D eigenvalue weighted by Crippen LogP contribution is 2.35. The van der Waals surface area contributed by atoms with Gasteiger partial charge in [-0.05, 0) is 56.0 Å². The highest BCUT2D eigenvalue weighted by atomic mass is 16.1. The molecule has 3 unspecified atom stereocenters. The molecule has 1 saturated carbocycles. The van der Waals surface area contributed by atoms with E-state index in [1.807, 2.05) is 0 Å². The van der Waals surface area contributed by atoms with E-state index in [4.69, 9.17) is 0 Å². The van der Waals surface area contributed by atoms with Crippen LogP contribution in [-0.4, -0.2) is 18.6 Å². The molecule has 1 aromatic rings. The molecule has 1 saturated heterocycles. The Kier molecular flexibility index (Phi) is 6.71. The summed E-state index contributed by atoms with van der Waals surface area (Å²) in [6, 6.07) is 10.6. The first kappa shape index (κ1) is 17.5. The molecule has 24 heavy (non-hydrogen) atoms. The average Bonchev–Trinajstić information content (AvgIpc) is 2.63. The van der Waals surface area contributed by atoms with E-state index in [1.54, 1.807) is 0 Å². The summed E-state index contributed by atoms with van der Waals surface area (Å²) in [5.74, 6) is 1.73. The summed E-state index contributed by atoms with van der Waals surface area (Å²) in [4.78, 5) is 12.3. The number of carbonyl (C=O) groups is 1. The SMILES string of the molecule is O=C(CCCCCc1ccccc1)NC1NCCC2CCCCC21. The third-order valence-corrected chi connectivity index (χ3v) is 5.80. The van der Waals surface area contributed by atoms with Gasteiger partial charge >= 0.3 is 0 Å². The molecule has 3 heteroatoms. The van der Waals surface area contributed by atoms with E-state index in [9.17, 15) is 4.79 Å². The van der Waals surface area contributed by atoms with E-state index in [-0.39, 0.29) is 12.1 Å². The summed E-state index contributed by atoms with van der Waals surface area (Å²) in [6.45, 7) is 1.06. The highest BCUT2D eigenvalue weighted by Gasteiger charge is 2.35. The minimum atomic E-state index is 0.223. The van der Waals surface area contributed by atoms with Crippen LogP contribution in [0.4, 0.5) is 0 Å². The van der Waals surface area contributed by atoms with Gasteiger partial charge in [-0.15, -0.1) is 0 Å². The first-order valence-electron chi connectivity index (χ1n) is 9.89. The molecule has 1 amide bonds. The molecule has 1 heterocycles. The minimum Gasteiger partial charge on any atom is -0.340 e. The second kappa shape index (κ2) is 9.22. The summed E-state index contributed by atoms with van der Waals surface area (Å²) in [6.07, 6.45) is 11.9. The van der Waals surface area contributed by atoms with Crippen LogP contribution in [0, 0.1) is 11.8 Å². The maximum absolute atomic E-state index is 12.3. The molecule has 132 valence electrons. The summed E-state index contributed by atoms with van der Waals surface area (Å²) >= 11 is 0. The van der Waals surface area contributed by atoms with E-state index < -0.39 is 0 Å². The average molecular weight is 329 g/mol. The standard InChI is InChI=1S/C21H32N2O/c24-20(14-6-2-5-11-17-9-3-1-4-10-17)23-21-19-13-8-7-12-18(19)15-16-22-21/h1,3-4,9-10,18-19,21-22H,2,5-8,11-16H2,(H,23,24). The number of rotatable bonds is 7. The second-order valence-electron chi connectivity index (χ2n) is 7.54. The molecule has 0 bridgehead atoms. The van der Waals surface area contributed by atoms with Crippen LogP contribution in [0.1, 0.15) is 63.4 Å². The lowest BCUT2D eigenvalue weighted by Gasteiger charge is -2.42. The summed E-state index contributed by atoms with van der Waals surface area (Å²) in [5.41, 5.74) is 1.40. The van der Waals surface area contributed by atoms with Crippen LogP contribution in [0.3, 0.4) is 0 Å². The molecule has 2 N–H and O–H groups in total. The molecular formula is C21H32N2O. The molecule has 2 aliphatic rings. The molecule has 3 atom stereocenters. The minimum absolute atomic E-state index is 0.223. The topological polar surface area (TPSA) is 41.1 Å². The molecule has 3 rings (SSSR count). The van der Waals surface area contributed by atoms with Crippen molar-refractivity contribution in [3.63, 3.8) is 0 Å². The van der Waals surface area contributed by atoms with Gasteiger partial charge in [0.25, 0.3) is 0 Å². The van der Waals surface area contributed by atoms with Crippen LogP contribution < -0.4 is 10.6 Å². The lowest BCUT2D eigenvalue weighted by atomic mass is 9.74. The Labute approximate surface area is 146 Å². The predicted molar refractivity (Wildman–Crippen MR) is 98.6 cm³/mol. The van der Waals surface area contributed by atoms with Gasteiger partial charge < -0.3 is 5.32 Å². The van der Waals surface area contributed by atoms with Gasteiger partial charge in [0.1, 0.15) is 0 Å². The summed E-state index contributed by atoms with van der Waals surface area (Å²) in [7, 11) is 0. The van der Waals surface area contributed by atoms with Gasteiger partial charge in [0, 0.05) is 6.42 Å². The van der Waals surface area contributed by atoms with Gasteiger partial charge in [-0.25, -0.2) is 0 Å². The Morgan fingerprint density at radius 2 is 1.88 bits per heavy atom. The molecule has 0 spiro atoms. The number of unbranched alkanes of at least 4 members (excludes halogenated alkanes) is 2. The lowest BCUT2D eigenvalue weighted by molar-refractivity contribution is -0.123. The third-order valence-electron chi connectivity index (χ3n) is 5.80. The quantitative estimate of drug-likeness (QED) is 0.742. The third kappa shape index (κ3) is 5.07. The van der Waals surface area contributed by atoms with Crippen LogP contribution in [0.2, 0.25) is 0 Å². The molecular weight excluding hydrogens is 296 g/mol. The number of fused-ring (bicyclic) bond motifs is 1. The zero-order valence-corrected chi connectivity index (χ0v) is 14.8.